The van der Waals surface area contributed by atoms with Gasteiger partial charge in [0, 0.05) is 17.2 Å². The lowest BCUT2D eigenvalue weighted by Gasteiger charge is -2.35. The van der Waals surface area contributed by atoms with Gasteiger partial charge in [0.2, 0.25) is 0 Å². The highest BCUT2D eigenvalue weighted by atomic mass is 32.1. The fourth-order valence-corrected chi connectivity index (χ4v) is 4.66. The molecule has 0 radical (unpaired) electrons. The maximum atomic E-state index is 4.92. The van der Waals surface area contributed by atoms with E-state index in [0.29, 0.717) is 0 Å². The summed E-state index contributed by atoms with van der Waals surface area (Å²) in [5.74, 6) is 2.58. The van der Waals surface area contributed by atoms with E-state index in [0.717, 1.165) is 17.8 Å². The van der Waals surface area contributed by atoms with E-state index in [4.69, 9.17) is 4.98 Å². The summed E-state index contributed by atoms with van der Waals surface area (Å²) in [5.41, 5.74) is 1.44. The van der Waals surface area contributed by atoms with Gasteiger partial charge in [-0.1, -0.05) is 40.5 Å². The van der Waals surface area contributed by atoms with Crippen molar-refractivity contribution in [3.05, 3.63) is 16.1 Å². The van der Waals surface area contributed by atoms with Gasteiger partial charge in [0.25, 0.3) is 0 Å². The second kappa shape index (κ2) is 7.23. The van der Waals surface area contributed by atoms with Crippen LogP contribution in [0.15, 0.2) is 5.38 Å². The SMILES string of the molecule is CCC1CCC(CNC)C(Cc2nc(C(C)(C)C)cs2)C1. The number of thiazole rings is 1. The summed E-state index contributed by atoms with van der Waals surface area (Å²) in [6, 6.07) is 0. The number of hydrogen-bond donors (Lipinski definition) is 1. The van der Waals surface area contributed by atoms with Gasteiger partial charge >= 0.3 is 0 Å². The van der Waals surface area contributed by atoms with E-state index >= 15 is 0 Å². The molecule has 1 N–H and O–H groups in total. The smallest absolute Gasteiger partial charge is 0.0931 e. The molecule has 3 atom stereocenters. The van der Waals surface area contributed by atoms with E-state index in [1.165, 1.54) is 49.4 Å². The standard InChI is InChI=1S/C18H32N2S/c1-6-13-7-8-14(11-19-5)15(9-13)10-17-20-16(12-21-17)18(2,3)4/h12-15,19H,6-11H2,1-5H3. The van der Waals surface area contributed by atoms with Gasteiger partial charge in [-0.3, -0.25) is 0 Å². The Labute approximate surface area is 134 Å². The van der Waals surface area contributed by atoms with Crippen molar-refractivity contribution in [2.24, 2.45) is 17.8 Å². The number of rotatable bonds is 5. The predicted molar refractivity (Wildman–Crippen MR) is 93.1 cm³/mol. The molecule has 2 rings (SSSR count). The Balaban J connectivity index is 2.05. The van der Waals surface area contributed by atoms with Crippen molar-refractivity contribution in [1.82, 2.24) is 10.3 Å². The Morgan fingerprint density at radius 1 is 1.29 bits per heavy atom. The Hall–Kier alpha value is -0.410. The Kier molecular flexibility index (Phi) is 5.84. The number of hydrogen-bond acceptors (Lipinski definition) is 3. The van der Waals surface area contributed by atoms with Crippen molar-refractivity contribution < 1.29 is 0 Å². The molecule has 1 aliphatic carbocycles. The van der Waals surface area contributed by atoms with Gasteiger partial charge in [0.15, 0.2) is 0 Å². The van der Waals surface area contributed by atoms with Crippen LogP contribution in [0.2, 0.25) is 0 Å². The first-order chi connectivity index (χ1) is 9.94. The largest absolute Gasteiger partial charge is 0.319 e. The van der Waals surface area contributed by atoms with Crippen molar-refractivity contribution in [2.45, 2.75) is 65.2 Å². The van der Waals surface area contributed by atoms with Crippen LogP contribution in [0.4, 0.5) is 0 Å². The van der Waals surface area contributed by atoms with E-state index in [-0.39, 0.29) is 5.41 Å². The van der Waals surface area contributed by atoms with Gasteiger partial charge in [-0.15, -0.1) is 11.3 Å². The maximum absolute atomic E-state index is 4.92. The third kappa shape index (κ3) is 4.53. The molecular weight excluding hydrogens is 276 g/mol. The van der Waals surface area contributed by atoms with Crippen LogP contribution >= 0.6 is 11.3 Å². The molecule has 21 heavy (non-hydrogen) atoms. The van der Waals surface area contributed by atoms with Crippen LogP contribution in [0.1, 0.15) is 64.1 Å². The van der Waals surface area contributed by atoms with Crippen LogP contribution in [0.25, 0.3) is 0 Å². The van der Waals surface area contributed by atoms with Crippen molar-refractivity contribution in [2.75, 3.05) is 13.6 Å². The summed E-state index contributed by atoms with van der Waals surface area (Å²) in [4.78, 5) is 4.92. The Morgan fingerprint density at radius 3 is 2.62 bits per heavy atom. The van der Waals surface area contributed by atoms with Crippen molar-refractivity contribution in [3.8, 4) is 0 Å². The summed E-state index contributed by atoms with van der Waals surface area (Å²) in [6.07, 6.45) is 6.73. The molecule has 2 nitrogen and oxygen atoms in total. The summed E-state index contributed by atoms with van der Waals surface area (Å²) in [5, 5.41) is 7.01. The third-order valence-corrected chi connectivity index (χ3v) is 5.92. The minimum absolute atomic E-state index is 0.178. The van der Waals surface area contributed by atoms with E-state index < -0.39 is 0 Å². The Morgan fingerprint density at radius 2 is 2.05 bits per heavy atom. The topological polar surface area (TPSA) is 24.9 Å². The fourth-order valence-electron chi connectivity index (χ4n) is 3.55. The van der Waals surface area contributed by atoms with Crippen molar-refractivity contribution in [1.29, 1.82) is 0 Å². The molecule has 0 bridgehead atoms. The molecular formula is C18H32N2S. The van der Waals surface area contributed by atoms with Gasteiger partial charge in [-0.2, -0.15) is 0 Å². The maximum Gasteiger partial charge on any atom is 0.0931 e. The van der Waals surface area contributed by atoms with Gasteiger partial charge in [0.05, 0.1) is 10.7 Å². The number of aromatic nitrogens is 1. The third-order valence-electron chi connectivity index (χ3n) is 5.05. The summed E-state index contributed by atoms with van der Waals surface area (Å²) in [6.45, 7) is 10.3. The highest BCUT2D eigenvalue weighted by molar-refractivity contribution is 7.09. The zero-order chi connectivity index (χ0) is 15.5. The van der Waals surface area contributed by atoms with E-state index in [1.807, 2.05) is 11.3 Å². The first kappa shape index (κ1) is 17.0. The molecule has 0 amide bonds. The number of nitrogens with zero attached hydrogens (tertiary/aromatic N) is 1. The first-order valence-electron chi connectivity index (χ1n) is 8.53. The van der Waals surface area contributed by atoms with Crippen molar-refractivity contribution in [3.63, 3.8) is 0 Å². The van der Waals surface area contributed by atoms with E-state index in [9.17, 15) is 0 Å². The monoisotopic (exact) mass is 308 g/mol. The lowest BCUT2D eigenvalue weighted by atomic mass is 9.72. The molecule has 3 heteroatoms. The lowest BCUT2D eigenvalue weighted by Crippen LogP contribution is -2.33. The molecule has 1 saturated carbocycles. The average molecular weight is 309 g/mol. The molecule has 1 aromatic heterocycles. The van der Waals surface area contributed by atoms with Gasteiger partial charge < -0.3 is 5.32 Å². The average Bonchev–Trinajstić information content (AvgIpc) is 2.89. The van der Waals surface area contributed by atoms with Crippen LogP contribution in [0.5, 0.6) is 0 Å². The van der Waals surface area contributed by atoms with Crippen LogP contribution < -0.4 is 5.32 Å². The molecule has 0 aromatic carbocycles. The molecule has 1 aromatic rings. The quantitative estimate of drug-likeness (QED) is 0.857. The Bertz CT molecular complexity index is 433. The summed E-state index contributed by atoms with van der Waals surface area (Å²) < 4.78 is 0. The highest BCUT2D eigenvalue weighted by Crippen LogP contribution is 2.38. The fraction of sp³-hybridized carbons (Fsp3) is 0.833. The first-order valence-corrected chi connectivity index (χ1v) is 9.41. The minimum Gasteiger partial charge on any atom is -0.319 e. The summed E-state index contributed by atoms with van der Waals surface area (Å²) in [7, 11) is 2.09. The molecule has 1 aliphatic rings. The molecule has 1 fully saturated rings. The molecule has 1 heterocycles. The minimum atomic E-state index is 0.178. The number of nitrogens with one attached hydrogen (secondary N) is 1. The zero-order valence-electron chi connectivity index (χ0n) is 14.4. The highest BCUT2D eigenvalue weighted by Gasteiger charge is 2.30. The predicted octanol–water partition coefficient (Wildman–Crippen LogP) is 4.65. The van der Waals surface area contributed by atoms with Crippen molar-refractivity contribution >= 4 is 11.3 Å². The van der Waals surface area contributed by atoms with E-state index in [2.05, 4.69) is 45.4 Å². The zero-order valence-corrected chi connectivity index (χ0v) is 15.2. The van der Waals surface area contributed by atoms with Crippen LogP contribution in [0.3, 0.4) is 0 Å². The van der Waals surface area contributed by atoms with Crippen LogP contribution in [0, 0.1) is 17.8 Å². The molecule has 0 saturated heterocycles. The van der Waals surface area contributed by atoms with Gasteiger partial charge in [0.1, 0.15) is 0 Å². The van der Waals surface area contributed by atoms with Gasteiger partial charge in [-0.25, -0.2) is 4.98 Å². The second-order valence-electron chi connectivity index (χ2n) is 7.75. The van der Waals surface area contributed by atoms with Crippen LogP contribution in [-0.2, 0) is 11.8 Å². The molecule has 3 unspecified atom stereocenters. The molecule has 0 aliphatic heterocycles. The molecule has 0 spiro atoms. The summed E-state index contributed by atoms with van der Waals surface area (Å²) >= 11 is 1.87. The molecule has 120 valence electrons. The van der Waals surface area contributed by atoms with Gasteiger partial charge in [-0.05, 0) is 44.2 Å². The van der Waals surface area contributed by atoms with E-state index in [1.54, 1.807) is 0 Å². The normalized spacial score (nSPS) is 27.0. The lowest BCUT2D eigenvalue weighted by molar-refractivity contribution is 0.173. The van der Waals surface area contributed by atoms with Crippen LogP contribution in [-0.4, -0.2) is 18.6 Å². The second-order valence-corrected chi connectivity index (χ2v) is 8.69.